The Kier molecular flexibility index (Phi) is 4.72. The van der Waals surface area contributed by atoms with Crippen LogP contribution >= 0.6 is 11.6 Å². The molecule has 0 unspecified atom stereocenters. The van der Waals surface area contributed by atoms with Crippen molar-refractivity contribution in [2.75, 3.05) is 13.7 Å². The van der Waals surface area contributed by atoms with E-state index >= 15 is 0 Å². The van der Waals surface area contributed by atoms with E-state index in [-0.39, 0.29) is 6.10 Å². The third-order valence-electron chi connectivity index (χ3n) is 3.37. The van der Waals surface area contributed by atoms with Crippen LogP contribution in [0.5, 0.6) is 11.5 Å². The lowest BCUT2D eigenvalue weighted by molar-refractivity contribution is 0.198. The SMILES string of the molecule is COc1ccc(Cl)c(CCN)c1OC1CCCC1. The van der Waals surface area contributed by atoms with Gasteiger partial charge in [-0.3, -0.25) is 0 Å². The fraction of sp³-hybridized carbons (Fsp3) is 0.571. The number of ether oxygens (including phenoxy) is 2. The monoisotopic (exact) mass is 269 g/mol. The molecule has 1 aromatic carbocycles. The molecular weight excluding hydrogens is 250 g/mol. The van der Waals surface area contributed by atoms with Gasteiger partial charge < -0.3 is 15.2 Å². The zero-order valence-corrected chi connectivity index (χ0v) is 11.5. The van der Waals surface area contributed by atoms with Crippen molar-refractivity contribution in [1.82, 2.24) is 0 Å². The Balaban J connectivity index is 2.30. The Hall–Kier alpha value is -0.930. The fourth-order valence-electron chi connectivity index (χ4n) is 2.42. The highest BCUT2D eigenvalue weighted by Crippen LogP contribution is 2.38. The van der Waals surface area contributed by atoms with Crippen molar-refractivity contribution in [1.29, 1.82) is 0 Å². The summed E-state index contributed by atoms with van der Waals surface area (Å²) in [6.45, 7) is 0.550. The molecule has 2 N–H and O–H groups in total. The van der Waals surface area contributed by atoms with Gasteiger partial charge in [0.25, 0.3) is 0 Å². The number of rotatable bonds is 5. The standard InChI is InChI=1S/C14H20ClNO2/c1-17-13-7-6-12(15)11(8-9-16)14(13)18-10-4-2-3-5-10/h6-7,10H,2-5,8-9,16H2,1H3. The quantitative estimate of drug-likeness (QED) is 0.893. The molecule has 0 spiro atoms. The van der Waals surface area contributed by atoms with Crippen molar-refractivity contribution < 1.29 is 9.47 Å². The highest BCUT2D eigenvalue weighted by atomic mass is 35.5. The molecule has 0 aliphatic heterocycles. The van der Waals surface area contributed by atoms with Crippen LogP contribution in [0.3, 0.4) is 0 Å². The highest BCUT2D eigenvalue weighted by Gasteiger charge is 2.21. The number of hydrogen-bond donors (Lipinski definition) is 1. The van der Waals surface area contributed by atoms with Crippen molar-refractivity contribution in [2.45, 2.75) is 38.2 Å². The summed E-state index contributed by atoms with van der Waals surface area (Å²) < 4.78 is 11.5. The van der Waals surface area contributed by atoms with Crippen LogP contribution < -0.4 is 15.2 Å². The maximum absolute atomic E-state index is 6.23. The molecule has 18 heavy (non-hydrogen) atoms. The van der Waals surface area contributed by atoms with E-state index in [0.29, 0.717) is 18.0 Å². The van der Waals surface area contributed by atoms with Gasteiger partial charge in [-0.05, 0) is 50.8 Å². The maximum Gasteiger partial charge on any atom is 0.166 e. The van der Waals surface area contributed by atoms with E-state index in [1.165, 1.54) is 12.8 Å². The summed E-state index contributed by atoms with van der Waals surface area (Å²) in [4.78, 5) is 0. The molecule has 0 radical (unpaired) electrons. The number of nitrogens with two attached hydrogens (primary N) is 1. The van der Waals surface area contributed by atoms with Gasteiger partial charge in [0.15, 0.2) is 11.5 Å². The van der Waals surface area contributed by atoms with Crippen molar-refractivity contribution in [2.24, 2.45) is 5.73 Å². The summed E-state index contributed by atoms with van der Waals surface area (Å²) >= 11 is 6.23. The number of benzene rings is 1. The molecule has 0 saturated heterocycles. The molecule has 0 atom stereocenters. The van der Waals surface area contributed by atoms with Crippen LogP contribution in [0.2, 0.25) is 5.02 Å². The number of methoxy groups -OCH3 is 1. The van der Waals surface area contributed by atoms with Crippen molar-refractivity contribution >= 4 is 11.6 Å². The van der Waals surface area contributed by atoms with Gasteiger partial charge in [0.05, 0.1) is 13.2 Å². The molecule has 1 fully saturated rings. The molecule has 0 bridgehead atoms. The van der Waals surface area contributed by atoms with Crippen LogP contribution in [0.4, 0.5) is 0 Å². The van der Waals surface area contributed by atoms with Crippen LogP contribution in [0.1, 0.15) is 31.2 Å². The third-order valence-corrected chi connectivity index (χ3v) is 3.72. The van der Waals surface area contributed by atoms with E-state index in [9.17, 15) is 0 Å². The number of halogens is 1. The Morgan fingerprint density at radius 1 is 1.33 bits per heavy atom. The summed E-state index contributed by atoms with van der Waals surface area (Å²) in [6.07, 6.45) is 5.68. The molecule has 0 heterocycles. The Morgan fingerprint density at radius 3 is 2.67 bits per heavy atom. The van der Waals surface area contributed by atoms with E-state index in [0.717, 1.165) is 29.9 Å². The molecule has 1 saturated carbocycles. The second-order valence-electron chi connectivity index (χ2n) is 4.62. The summed E-state index contributed by atoms with van der Waals surface area (Å²) in [5, 5.41) is 0.703. The van der Waals surface area contributed by atoms with Gasteiger partial charge in [-0.25, -0.2) is 0 Å². The zero-order valence-electron chi connectivity index (χ0n) is 10.7. The zero-order chi connectivity index (χ0) is 13.0. The third kappa shape index (κ3) is 2.90. The largest absolute Gasteiger partial charge is 0.493 e. The van der Waals surface area contributed by atoms with Gasteiger partial charge in [-0.15, -0.1) is 0 Å². The van der Waals surface area contributed by atoms with Crippen molar-refractivity contribution in [3.8, 4) is 11.5 Å². The molecule has 2 rings (SSSR count). The lowest BCUT2D eigenvalue weighted by Crippen LogP contribution is -2.14. The highest BCUT2D eigenvalue weighted by molar-refractivity contribution is 6.31. The Labute approximate surface area is 113 Å². The molecule has 0 amide bonds. The normalized spacial score (nSPS) is 15.9. The predicted octanol–water partition coefficient (Wildman–Crippen LogP) is 3.17. The minimum absolute atomic E-state index is 0.286. The van der Waals surface area contributed by atoms with Gasteiger partial charge in [0.2, 0.25) is 0 Å². The van der Waals surface area contributed by atoms with E-state index in [2.05, 4.69) is 0 Å². The molecule has 4 heteroatoms. The first kappa shape index (κ1) is 13.5. The molecule has 1 aromatic rings. The first-order valence-electron chi connectivity index (χ1n) is 6.48. The summed E-state index contributed by atoms with van der Waals surface area (Å²) in [6, 6.07) is 3.69. The van der Waals surface area contributed by atoms with Crippen molar-refractivity contribution in [3.63, 3.8) is 0 Å². The molecule has 3 nitrogen and oxygen atoms in total. The van der Waals surface area contributed by atoms with E-state index in [1.807, 2.05) is 12.1 Å². The molecule has 1 aliphatic carbocycles. The second-order valence-corrected chi connectivity index (χ2v) is 5.03. The van der Waals surface area contributed by atoms with Gasteiger partial charge in [-0.2, -0.15) is 0 Å². The summed E-state index contributed by atoms with van der Waals surface area (Å²) in [5.41, 5.74) is 6.61. The molecule has 100 valence electrons. The predicted molar refractivity (Wildman–Crippen MR) is 73.6 cm³/mol. The van der Waals surface area contributed by atoms with Gasteiger partial charge in [0.1, 0.15) is 0 Å². The fourth-order valence-corrected chi connectivity index (χ4v) is 2.67. The second kappa shape index (κ2) is 6.30. The topological polar surface area (TPSA) is 44.5 Å². The van der Waals surface area contributed by atoms with Crippen LogP contribution in [0, 0.1) is 0 Å². The van der Waals surface area contributed by atoms with E-state index in [4.69, 9.17) is 26.8 Å². The number of hydrogen-bond acceptors (Lipinski definition) is 3. The lowest BCUT2D eigenvalue weighted by atomic mass is 10.1. The minimum Gasteiger partial charge on any atom is -0.493 e. The van der Waals surface area contributed by atoms with Gasteiger partial charge in [0, 0.05) is 10.6 Å². The maximum atomic E-state index is 6.23. The molecule has 1 aliphatic rings. The Morgan fingerprint density at radius 2 is 2.06 bits per heavy atom. The average molecular weight is 270 g/mol. The minimum atomic E-state index is 0.286. The molecule has 0 aromatic heterocycles. The summed E-state index contributed by atoms with van der Waals surface area (Å²) in [5.74, 6) is 1.53. The van der Waals surface area contributed by atoms with Gasteiger partial charge >= 0.3 is 0 Å². The van der Waals surface area contributed by atoms with Crippen LogP contribution in [-0.2, 0) is 6.42 Å². The van der Waals surface area contributed by atoms with Crippen molar-refractivity contribution in [3.05, 3.63) is 22.7 Å². The van der Waals surface area contributed by atoms with E-state index in [1.54, 1.807) is 7.11 Å². The first-order chi connectivity index (χ1) is 8.76. The van der Waals surface area contributed by atoms with E-state index < -0.39 is 0 Å². The van der Waals surface area contributed by atoms with Gasteiger partial charge in [-0.1, -0.05) is 11.6 Å². The summed E-state index contributed by atoms with van der Waals surface area (Å²) in [7, 11) is 1.65. The molecular formula is C14H20ClNO2. The smallest absolute Gasteiger partial charge is 0.166 e. The Bertz CT molecular complexity index is 403. The van der Waals surface area contributed by atoms with Crippen LogP contribution in [0.25, 0.3) is 0 Å². The van der Waals surface area contributed by atoms with Crippen LogP contribution in [-0.4, -0.2) is 19.8 Å². The lowest BCUT2D eigenvalue weighted by Gasteiger charge is -2.20. The average Bonchev–Trinajstić information content (AvgIpc) is 2.87. The first-order valence-corrected chi connectivity index (χ1v) is 6.86. The van der Waals surface area contributed by atoms with Crippen LogP contribution in [0.15, 0.2) is 12.1 Å².